The minimum Gasteiger partial charge on any atom is -0.494 e. The molecule has 1 aliphatic rings. The lowest BCUT2D eigenvalue weighted by Gasteiger charge is -2.04. The van der Waals surface area contributed by atoms with Crippen molar-refractivity contribution in [3.8, 4) is 5.75 Å². The van der Waals surface area contributed by atoms with Crippen molar-refractivity contribution in [1.29, 1.82) is 0 Å². The van der Waals surface area contributed by atoms with Gasteiger partial charge in [0.05, 0.1) is 18.8 Å². The first-order chi connectivity index (χ1) is 6.40. The van der Waals surface area contributed by atoms with Gasteiger partial charge >= 0.3 is 0 Å². The summed E-state index contributed by atoms with van der Waals surface area (Å²) in [6, 6.07) is 5.92. The van der Waals surface area contributed by atoms with Gasteiger partial charge in [0.2, 0.25) is 0 Å². The van der Waals surface area contributed by atoms with Gasteiger partial charge in [-0.2, -0.15) is 10.2 Å². The minimum atomic E-state index is 0.693. The molecule has 13 heavy (non-hydrogen) atoms. The van der Waals surface area contributed by atoms with Crippen LogP contribution in [0.5, 0.6) is 5.75 Å². The van der Waals surface area contributed by atoms with Crippen LogP contribution in [0.2, 0.25) is 0 Å². The molecule has 0 spiro atoms. The van der Waals surface area contributed by atoms with Gasteiger partial charge in [-0.3, -0.25) is 0 Å². The van der Waals surface area contributed by atoms with Crippen molar-refractivity contribution < 1.29 is 4.74 Å². The number of hydrogen-bond acceptors (Lipinski definition) is 3. The van der Waals surface area contributed by atoms with Crippen LogP contribution < -0.4 is 4.74 Å². The van der Waals surface area contributed by atoms with Crippen molar-refractivity contribution in [2.45, 2.75) is 19.9 Å². The molecule has 0 unspecified atom stereocenters. The molecule has 1 aliphatic heterocycles. The van der Waals surface area contributed by atoms with Crippen LogP contribution in [0.4, 0.5) is 5.69 Å². The van der Waals surface area contributed by atoms with Gasteiger partial charge in [0, 0.05) is 5.56 Å². The van der Waals surface area contributed by atoms with Crippen LogP contribution in [-0.2, 0) is 6.54 Å². The largest absolute Gasteiger partial charge is 0.494 e. The Kier molecular flexibility index (Phi) is 2.25. The van der Waals surface area contributed by atoms with Crippen LogP contribution in [0.3, 0.4) is 0 Å². The molecule has 0 radical (unpaired) electrons. The second kappa shape index (κ2) is 3.56. The number of hydrogen-bond donors (Lipinski definition) is 0. The molecule has 68 valence electrons. The Morgan fingerprint density at radius 2 is 2.38 bits per heavy atom. The predicted octanol–water partition coefficient (Wildman–Crippen LogP) is 3.07. The van der Waals surface area contributed by atoms with E-state index in [0.29, 0.717) is 6.54 Å². The van der Waals surface area contributed by atoms with Crippen molar-refractivity contribution in [3.05, 3.63) is 23.8 Å². The molecule has 0 amide bonds. The fourth-order valence-corrected chi connectivity index (χ4v) is 1.28. The van der Waals surface area contributed by atoms with E-state index in [4.69, 9.17) is 4.74 Å². The molecule has 0 aromatic heterocycles. The second-order valence-electron chi connectivity index (χ2n) is 3.04. The van der Waals surface area contributed by atoms with E-state index in [0.717, 1.165) is 30.0 Å². The van der Waals surface area contributed by atoms with E-state index in [-0.39, 0.29) is 0 Å². The lowest BCUT2D eigenvalue weighted by atomic mass is 10.2. The zero-order valence-electron chi connectivity index (χ0n) is 7.66. The topological polar surface area (TPSA) is 34.0 Å². The summed E-state index contributed by atoms with van der Waals surface area (Å²) in [7, 11) is 0. The van der Waals surface area contributed by atoms with Gasteiger partial charge in [0.1, 0.15) is 5.75 Å². The Labute approximate surface area is 77.4 Å². The van der Waals surface area contributed by atoms with Crippen LogP contribution in [0.1, 0.15) is 18.9 Å². The molecule has 0 saturated heterocycles. The Bertz CT molecular complexity index is 334. The fourth-order valence-electron chi connectivity index (χ4n) is 1.28. The van der Waals surface area contributed by atoms with E-state index >= 15 is 0 Å². The van der Waals surface area contributed by atoms with Crippen molar-refractivity contribution in [3.63, 3.8) is 0 Å². The summed E-state index contributed by atoms with van der Waals surface area (Å²) in [5.74, 6) is 0.924. The van der Waals surface area contributed by atoms with Gasteiger partial charge in [-0.15, -0.1) is 0 Å². The van der Waals surface area contributed by atoms with E-state index in [2.05, 4.69) is 17.2 Å². The number of fused-ring (bicyclic) bond motifs is 1. The highest BCUT2D eigenvalue weighted by Crippen LogP contribution is 2.29. The molecule has 0 aliphatic carbocycles. The zero-order chi connectivity index (χ0) is 9.10. The first kappa shape index (κ1) is 8.23. The summed E-state index contributed by atoms with van der Waals surface area (Å²) >= 11 is 0. The van der Waals surface area contributed by atoms with E-state index < -0.39 is 0 Å². The molecule has 0 saturated carbocycles. The molecule has 1 aromatic rings. The molecule has 3 heteroatoms. The normalized spacial score (nSPS) is 13.0. The standard InChI is InChI=1S/C10H12N2O/c1-2-5-13-9-3-4-10-8(6-9)7-11-12-10/h3-4,6H,2,5,7H2,1H3. The summed E-state index contributed by atoms with van der Waals surface area (Å²) in [4.78, 5) is 0. The molecule has 1 aromatic carbocycles. The van der Waals surface area contributed by atoms with Crippen LogP contribution in [0, 0.1) is 0 Å². The highest BCUT2D eigenvalue weighted by atomic mass is 16.5. The van der Waals surface area contributed by atoms with Crippen molar-refractivity contribution in [2.75, 3.05) is 6.61 Å². The maximum absolute atomic E-state index is 5.50. The molecule has 3 nitrogen and oxygen atoms in total. The quantitative estimate of drug-likeness (QED) is 0.696. The zero-order valence-corrected chi connectivity index (χ0v) is 7.66. The monoisotopic (exact) mass is 176 g/mol. The van der Waals surface area contributed by atoms with Crippen LogP contribution in [-0.4, -0.2) is 6.61 Å². The Hall–Kier alpha value is -1.38. The molecule has 0 atom stereocenters. The highest BCUT2D eigenvalue weighted by Gasteiger charge is 2.08. The maximum Gasteiger partial charge on any atom is 0.119 e. The summed E-state index contributed by atoms with van der Waals surface area (Å²) < 4.78 is 5.50. The molecular weight excluding hydrogens is 164 g/mol. The lowest BCUT2D eigenvalue weighted by Crippen LogP contribution is -1.94. The molecule has 1 heterocycles. The molecule has 0 bridgehead atoms. The Morgan fingerprint density at radius 1 is 1.46 bits per heavy atom. The lowest BCUT2D eigenvalue weighted by molar-refractivity contribution is 0.317. The van der Waals surface area contributed by atoms with Crippen molar-refractivity contribution in [1.82, 2.24) is 0 Å². The van der Waals surface area contributed by atoms with E-state index in [1.54, 1.807) is 0 Å². The average Bonchev–Trinajstić information content (AvgIpc) is 2.61. The Morgan fingerprint density at radius 3 is 3.23 bits per heavy atom. The first-order valence-corrected chi connectivity index (χ1v) is 4.53. The van der Waals surface area contributed by atoms with Gasteiger partial charge in [-0.25, -0.2) is 0 Å². The summed E-state index contributed by atoms with van der Waals surface area (Å²) in [5, 5.41) is 7.93. The number of ether oxygens (including phenoxy) is 1. The van der Waals surface area contributed by atoms with Crippen LogP contribution in [0.25, 0.3) is 0 Å². The second-order valence-corrected chi connectivity index (χ2v) is 3.04. The molecule has 0 fully saturated rings. The third-order valence-corrected chi connectivity index (χ3v) is 1.94. The molecular formula is C10H12N2O. The first-order valence-electron chi connectivity index (χ1n) is 4.53. The minimum absolute atomic E-state index is 0.693. The summed E-state index contributed by atoms with van der Waals surface area (Å²) in [6.45, 7) is 3.56. The summed E-state index contributed by atoms with van der Waals surface area (Å²) in [5.41, 5.74) is 2.14. The van der Waals surface area contributed by atoms with Gasteiger partial charge < -0.3 is 4.74 Å². The third-order valence-electron chi connectivity index (χ3n) is 1.94. The summed E-state index contributed by atoms with van der Waals surface area (Å²) in [6.07, 6.45) is 1.03. The van der Waals surface area contributed by atoms with Gasteiger partial charge in [-0.1, -0.05) is 6.92 Å². The van der Waals surface area contributed by atoms with Crippen molar-refractivity contribution >= 4 is 5.69 Å². The van der Waals surface area contributed by atoms with Crippen molar-refractivity contribution in [2.24, 2.45) is 10.2 Å². The SMILES string of the molecule is CCCOc1ccc2c(c1)CN=N2. The van der Waals surface area contributed by atoms with Gasteiger partial charge in [0.15, 0.2) is 0 Å². The van der Waals surface area contributed by atoms with Crippen LogP contribution >= 0.6 is 0 Å². The van der Waals surface area contributed by atoms with Gasteiger partial charge in [0.25, 0.3) is 0 Å². The highest BCUT2D eigenvalue weighted by molar-refractivity contribution is 5.51. The van der Waals surface area contributed by atoms with E-state index in [9.17, 15) is 0 Å². The van der Waals surface area contributed by atoms with E-state index in [1.165, 1.54) is 0 Å². The van der Waals surface area contributed by atoms with E-state index in [1.807, 2.05) is 18.2 Å². The molecule has 2 rings (SSSR count). The average molecular weight is 176 g/mol. The molecule has 0 N–H and O–H groups in total. The predicted molar refractivity (Wildman–Crippen MR) is 50.4 cm³/mol. The number of nitrogens with zero attached hydrogens (tertiary/aromatic N) is 2. The Balaban J connectivity index is 2.14. The smallest absolute Gasteiger partial charge is 0.119 e. The fraction of sp³-hybridized carbons (Fsp3) is 0.400. The number of azo groups is 1. The van der Waals surface area contributed by atoms with Crippen LogP contribution in [0.15, 0.2) is 28.4 Å². The third kappa shape index (κ3) is 1.69. The number of benzene rings is 1. The number of rotatable bonds is 3. The maximum atomic E-state index is 5.50. The van der Waals surface area contributed by atoms with Gasteiger partial charge in [-0.05, 0) is 24.6 Å².